The van der Waals surface area contributed by atoms with Crippen LogP contribution in [-0.4, -0.2) is 78.3 Å². The number of ether oxygens (including phenoxy) is 4. The Hall–Kier alpha value is -2.75. The number of benzene rings is 2. The third-order valence-corrected chi connectivity index (χ3v) is 9.69. The molecule has 0 amide bonds. The summed E-state index contributed by atoms with van der Waals surface area (Å²) in [5, 5.41) is 0. The lowest BCUT2D eigenvalue weighted by atomic mass is 10.2. The Bertz CT molecular complexity index is 1340. The lowest BCUT2D eigenvalue weighted by Crippen LogP contribution is -2.59. The van der Waals surface area contributed by atoms with E-state index in [0.29, 0.717) is 5.75 Å². The lowest BCUT2D eigenvalue weighted by Gasteiger charge is -2.42. The molecular weight excluding hydrogens is 541 g/mol. The van der Waals surface area contributed by atoms with Crippen molar-refractivity contribution in [1.29, 1.82) is 0 Å². The normalized spacial score (nSPS) is 19.9. The van der Waals surface area contributed by atoms with Crippen LogP contribution in [0.4, 0.5) is 13.2 Å². The van der Waals surface area contributed by atoms with Crippen molar-refractivity contribution in [2.45, 2.75) is 42.1 Å². The van der Waals surface area contributed by atoms with Gasteiger partial charge in [0.05, 0.1) is 31.1 Å². The van der Waals surface area contributed by atoms with E-state index >= 15 is 0 Å². The molecule has 0 unspecified atom stereocenters. The predicted octanol–water partition coefficient (Wildman–Crippen LogP) is 3.08. The molecule has 0 aromatic heterocycles. The summed E-state index contributed by atoms with van der Waals surface area (Å²) in [6.07, 6.45) is -5.07. The molecule has 0 N–H and O–H groups in total. The third-order valence-electron chi connectivity index (χ3n) is 5.73. The number of nitrogens with zero attached hydrogens (tertiary/aromatic N) is 2. The van der Waals surface area contributed by atoms with Crippen LogP contribution in [0.25, 0.3) is 0 Å². The molecule has 0 radical (unpaired) electrons. The minimum Gasteiger partial charge on any atom is -0.493 e. The molecule has 1 saturated heterocycles. The molecular formula is C22H27F3N2O8S2. The quantitative estimate of drug-likeness (QED) is 0.478. The molecule has 0 saturated carbocycles. The molecule has 10 nitrogen and oxygen atoms in total. The second-order valence-corrected chi connectivity index (χ2v) is 12.0. The van der Waals surface area contributed by atoms with Crippen LogP contribution in [0.5, 0.6) is 23.0 Å². The van der Waals surface area contributed by atoms with Crippen molar-refractivity contribution in [3.8, 4) is 23.0 Å². The molecule has 0 bridgehead atoms. The van der Waals surface area contributed by atoms with Gasteiger partial charge in [-0.05, 0) is 38.1 Å². The van der Waals surface area contributed by atoms with Crippen LogP contribution in [0.1, 0.15) is 13.8 Å². The molecule has 206 valence electrons. The van der Waals surface area contributed by atoms with E-state index in [0.717, 1.165) is 33.9 Å². The van der Waals surface area contributed by atoms with Gasteiger partial charge in [0.2, 0.25) is 20.0 Å². The fraction of sp³-hybridized carbons (Fsp3) is 0.455. The first kappa shape index (κ1) is 28.8. The van der Waals surface area contributed by atoms with Crippen molar-refractivity contribution in [2.24, 2.45) is 0 Å². The van der Waals surface area contributed by atoms with Gasteiger partial charge >= 0.3 is 6.36 Å². The fourth-order valence-corrected chi connectivity index (χ4v) is 7.64. The Kier molecular flexibility index (Phi) is 8.22. The molecule has 15 heteroatoms. The van der Waals surface area contributed by atoms with Crippen molar-refractivity contribution in [3.05, 3.63) is 36.4 Å². The van der Waals surface area contributed by atoms with Crippen molar-refractivity contribution in [2.75, 3.05) is 34.4 Å². The summed E-state index contributed by atoms with van der Waals surface area (Å²) in [7, 11) is -4.48. The van der Waals surface area contributed by atoms with E-state index in [2.05, 4.69) is 4.74 Å². The van der Waals surface area contributed by atoms with E-state index in [4.69, 9.17) is 14.2 Å². The Morgan fingerprint density at radius 2 is 1.16 bits per heavy atom. The first-order chi connectivity index (χ1) is 17.1. The molecule has 3 rings (SSSR count). The van der Waals surface area contributed by atoms with E-state index in [1.807, 2.05) is 0 Å². The second kappa shape index (κ2) is 10.6. The number of rotatable bonds is 8. The molecule has 1 fully saturated rings. The van der Waals surface area contributed by atoms with Gasteiger partial charge in [0.15, 0.2) is 23.0 Å². The summed E-state index contributed by atoms with van der Waals surface area (Å²) in [4.78, 5) is -0.521. The zero-order valence-electron chi connectivity index (χ0n) is 20.6. The minimum absolute atomic E-state index is 0.0649. The van der Waals surface area contributed by atoms with Gasteiger partial charge in [-0.1, -0.05) is 0 Å². The van der Waals surface area contributed by atoms with Crippen LogP contribution in [0.15, 0.2) is 46.2 Å². The number of sulfonamides is 2. The second-order valence-electron chi connectivity index (χ2n) is 8.23. The van der Waals surface area contributed by atoms with E-state index in [1.54, 1.807) is 0 Å². The summed E-state index contributed by atoms with van der Waals surface area (Å²) in [6, 6.07) is 5.30. The molecule has 1 heterocycles. The number of halogens is 3. The minimum atomic E-state index is -5.07. The molecule has 2 aromatic carbocycles. The van der Waals surface area contributed by atoms with Crippen molar-refractivity contribution in [1.82, 2.24) is 8.61 Å². The molecule has 0 spiro atoms. The van der Waals surface area contributed by atoms with Gasteiger partial charge in [-0.25, -0.2) is 16.8 Å². The number of hydrogen-bond acceptors (Lipinski definition) is 8. The highest BCUT2D eigenvalue weighted by atomic mass is 32.2. The van der Waals surface area contributed by atoms with E-state index in [1.165, 1.54) is 46.3 Å². The maximum absolute atomic E-state index is 13.5. The number of piperazine rings is 1. The van der Waals surface area contributed by atoms with Crippen LogP contribution in [0.2, 0.25) is 0 Å². The van der Waals surface area contributed by atoms with Crippen LogP contribution in [0.3, 0.4) is 0 Å². The largest absolute Gasteiger partial charge is 0.573 e. The van der Waals surface area contributed by atoms with Crippen LogP contribution >= 0.6 is 0 Å². The Balaban J connectivity index is 1.92. The summed E-state index contributed by atoms with van der Waals surface area (Å²) >= 11 is 0. The molecule has 1 aliphatic heterocycles. The van der Waals surface area contributed by atoms with Gasteiger partial charge in [0.1, 0.15) is 0 Å². The fourth-order valence-electron chi connectivity index (χ4n) is 4.20. The highest BCUT2D eigenvalue weighted by molar-refractivity contribution is 7.89. The molecule has 1 aliphatic rings. The van der Waals surface area contributed by atoms with Crippen LogP contribution < -0.4 is 18.9 Å². The Morgan fingerprint density at radius 1 is 0.730 bits per heavy atom. The zero-order valence-corrected chi connectivity index (χ0v) is 22.3. The van der Waals surface area contributed by atoms with Gasteiger partial charge < -0.3 is 18.9 Å². The Labute approximate surface area is 213 Å². The SMILES string of the molecule is COc1ccc(S(=O)(=O)N2C[C@@H](C)N(S(=O)(=O)c3ccc(OC)c(OC(F)(F)F)c3)[C@@H](C)C2)cc1OC. The maximum atomic E-state index is 13.5. The number of methoxy groups -OCH3 is 3. The first-order valence-corrected chi connectivity index (χ1v) is 13.7. The van der Waals surface area contributed by atoms with Crippen LogP contribution in [0, 0.1) is 0 Å². The van der Waals surface area contributed by atoms with Gasteiger partial charge in [-0.15, -0.1) is 13.2 Å². The average molecular weight is 569 g/mol. The molecule has 0 aliphatic carbocycles. The smallest absolute Gasteiger partial charge is 0.493 e. The Morgan fingerprint density at radius 3 is 1.62 bits per heavy atom. The van der Waals surface area contributed by atoms with Crippen molar-refractivity contribution in [3.63, 3.8) is 0 Å². The number of alkyl halides is 3. The average Bonchev–Trinajstić information content (AvgIpc) is 2.81. The lowest BCUT2D eigenvalue weighted by molar-refractivity contribution is -0.275. The predicted molar refractivity (Wildman–Crippen MR) is 126 cm³/mol. The highest BCUT2D eigenvalue weighted by Gasteiger charge is 2.43. The van der Waals surface area contributed by atoms with Gasteiger partial charge in [0, 0.05) is 37.3 Å². The topological polar surface area (TPSA) is 112 Å². The highest BCUT2D eigenvalue weighted by Crippen LogP contribution is 2.37. The van der Waals surface area contributed by atoms with E-state index in [-0.39, 0.29) is 29.5 Å². The monoisotopic (exact) mass is 568 g/mol. The molecule has 37 heavy (non-hydrogen) atoms. The molecule has 2 aromatic rings. The summed E-state index contributed by atoms with van der Waals surface area (Å²) in [5.74, 6) is -0.566. The number of hydrogen-bond donors (Lipinski definition) is 0. The van der Waals surface area contributed by atoms with Crippen LogP contribution in [-0.2, 0) is 20.0 Å². The maximum Gasteiger partial charge on any atom is 0.573 e. The van der Waals surface area contributed by atoms with E-state index in [9.17, 15) is 30.0 Å². The summed E-state index contributed by atoms with van der Waals surface area (Å²) in [6.45, 7) is 2.65. The van der Waals surface area contributed by atoms with Crippen molar-refractivity contribution < 1.29 is 49.0 Å². The first-order valence-electron chi connectivity index (χ1n) is 10.8. The summed E-state index contributed by atoms with van der Waals surface area (Å²) in [5.41, 5.74) is 0. The van der Waals surface area contributed by atoms with Gasteiger partial charge in [0.25, 0.3) is 0 Å². The third kappa shape index (κ3) is 5.89. The van der Waals surface area contributed by atoms with Gasteiger partial charge in [-0.3, -0.25) is 0 Å². The molecule has 2 atom stereocenters. The van der Waals surface area contributed by atoms with Crippen molar-refractivity contribution >= 4 is 20.0 Å². The van der Waals surface area contributed by atoms with E-state index < -0.39 is 49.1 Å². The standard InChI is InChI=1S/C22H27F3N2O8S2/c1-14-12-26(36(28,29)16-6-8-18(32-3)20(10-16)34-5)13-15(2)27(14)37(30,31)17-7-9-19(33-4)21(11-17)35-22(23,24)25/h6-11,14-15H,12-13H2,1-5H3/t14-,15+. The zero-order chi connectivity index (χ0) is 27.8. The van der Waals surface area contributed by atoms with Gasteiger partial charge in [-0.2, -0.15) is 8.61 Å². The summed E-state index contributed by atoms with van der Waals surface area (Å²) < 4.78 is 113.